The normalized spacial score (nSPS) is 16.1. The smallest absolute Gasteiger partial charge is 0.423 e. The van der Waals surface area contributed by atoms with Gasteiger partial charge in [-0.1, -0.05) is 5.92 Å². The molecule has 152 valence electrons. The molecule has 0 aliphatic carbocycles. The lowest BCUT2D eigenvalue weighted by atomic mass is 10.00. The van der Waals surface area contributed by atoms with E-state index in [1.54, 1.807) is 0 Å². The van der Waals surface area contributed by atoms with E-state index in [-0.39, 0.29) is 11.0 Å². The summed E-state index contributed by atoms with van der Waals surface area (Å²) in [6.45, 7) is 1.13. The van der Waals surface area contributed by atoms with Crippen LogP contribution in [-0.2, 0) is 4.79 Å². The predicted molar refractivity (Wildman–Crippen MR) is 83.0 cm³/mol. The highest BCUT2D eigenvalue weighted by Crippen LogP contribution is 2.45. The first kappa shape index (κ1) is 20.4. The van der Waals surface area contributed by atoms with Crippen molar-refractivity contribution in [3.63, 3.8) is 0 Å². The van der Waals surface area contributed by atoms with E-state index in [4.69, 9.17) is 6.42 Å². The van der Waals surface area contributed by atoms with Gasteiger partial charge in [0.05, 0.1) is 17.3 Å². The molecule has 3 rings (SSSR count). The Kier molecular flexibility index (Phi) is 4.69. The fourth-order valence-electron chi connectivity index (χ4n) is 2.74. The van der Waals surface area contributed by atoms with Crippen LogP contribution in [0.3, 0.4) is 0 Å². The summed E-state index contributed by atoms with van der Waals surface area (Å²) in [5.41, 5.74) is -3.49. The zero-order chi connectivity index (χ0) is 21.8. The molecule has 11 heteroatoms. The molecule has 0 bridgehead atoms. The Balaban J connectivity index is 2.34. The van der Waals surface area contributed by atoms with Crippen molar-refractivity contribution in [2.75, 3.05) is 4.90 Å². The molecule has 0 radical (unpaired) electrons. The molecule has 1 amide bonds. The van der Waals surface area contributed by atoms with E-state index < -0.39 is 75.5 Å². The Bertz CT molecular complexity index is 1060. The third-order valence-electron chi connectivity index (χ3n) is 4.12. The summed E-state index contributed by atoms with van der Waals surface area (Å²) in [4.78, 5) is 12.3. The van der Waals surface area contributed by atoms with E-state index >= 15 is 0 Å². The number of carbonyl (C=O) groups excluding carboxylic acids is 1. The molecule has 29 heavy (non-hydrogen) atoms. The molecule has 0 N–H and O–H groups in total. The maximum absolute atomic E-state index is 14.4. The monoisotopic (exact) mass is 421 g/mol. The maximum Gasteiger partial charge on any atom is 0.483 e. The number of hydrogen-bond acceptors (Lipinski definition) is 2. The lowest BCUT2D eigenvalue weighted by Gasteiger charge is -2.35. The number of fused-ring (bicyclic) bond motifs is 1. The second-order valence-corrected chi connectivity index (χ2v) is 5.88. The van der Waals surface area contributed by atoms with Crippen molar-refractivity contribution >= 4 is 11.6 Å². The van der Waals surface area contributed by atoms with Gasteiger partial charge in [-0.2, -0.15) is 8.78 Å². The van der Waals surface area contributed by atoms with Crippen molar-refractivity contribution in [2.24, 2.45) is 0 Å². The van der Waals surface area contributed by atoms with Crippen LogP contribution in [0.4, 0.5) is 40.8 Å². The summed E-state index contributed by atoms with van der Waals surface area (Å²) in [7, 11) is 0. The molecule has 1 atom stereocenters. The van der Waals surface area contributed by atoms with Crippen LogP contribution in [0.25, 0.3) is 11.1 Å². The van der Waals surface area contributed by atoms with Gasteiger partial charge in [-0.15, -0.1) is 6.42 Å². The van der Waals surface area contributed by atoms with E-state index in [0.29, 0.717) is 6.07 Å². The van der Waals surface area contributed by atoms with Crippen LogP contribution < -0.4 is 9.64 Å². The molecular formula is C18H7F8NO2. The van der Waals surface area contributed by atoms with Crippen molar-refractivity contribution in [2.45, 2.75) is 19.1 Å². The van der Waals surface area contributed by atoms with Crippen molar-refractivity contribution in [3.8, 4) is 29.2 Å². The molecule has 0 aromatic heterocycles. The summed E-state index contributed by atoms with van der Waals surface area (Å²) < 4.78 is 114. The number of carbonyl (C=O) groups is 1. The zero-order valence-corrected chi connectivity index (χ0v) is 14.1. The number of rotatable bonds is 2. The minimum Gasteiger partial charge on any atom is -0.423 e. The lowest BCUT2D eigenvalue weighted by molar-refractivity contribution is -0.193. The number of benzene rings is 2. The number of ether oxygens (including phenoxy) is 1. The van der Waals surface area contributed by atoms with Gasteiger partial charge in [0, 0.05) is 11.6 Å². The largest absolute Gasteiger partial charge is 0.483 e. The van der Waals surface area contributed by atoms with Gasteiger partial charge in [0.15, 0.2) is 29.0 Å². The van der Waals surface area contributed by atoms with E-state index in [9.17, 15) is 39.9 Å². The van der Waals surface area contributed by atoms with Crippen LogP contribution in [0, 0.1) is 47.2 Å². The SMILES string of the molecule is C#C[C@H](C)N1C(=O)C(F)(F)Oc2cc(F)c(-c3c(F)c(F)c(F)c(F)c3F)cc21. The van der Waals surface area contributed by atoms with E-state index in [2.05, 4.69) is 4.74 Å². The highest BCUT2D eigenvalue weighted by molar-refractivity contribution is 6.02. The summed E-state index contributed by atoms with van der Waals surface area (Å²) >= 11 is 0. The van der Waals surface area contributed by atoms with Crippen LogP contribution >= 0.6 is 0 Å². The number of hydrogen-bond donors (Lipinski definition) is 0. The first-order chi connectivity index (χ1) is 13.4. The van der Waals surface area contributed by atoms with Gasteiger partial charge < -0.3 is 4.74 Å². The molecule has 0 saturated carbocycles. The Morgan fingerprint density at radius 3 is 2.03 bits per heavy atom. The standard InChI is InChI=1S/C18H7F8NO2/c1-3-6(2)27-9-4-7(8(19)5-10(9)29-18(25,26)17(27)28)11-12(20)14(22)16(24)15(23)13(11)21/h1,4-6H,2H3/t6-/m0/s1. The number of amides is 1. The molecular weight excluding hydrogens is 414 g/mol. The van der Waals surface area contributed by atoms with Crippen molar-refractivity contribution in [3.05, 3.63) is 47.0 Å². The van der Waals surface area contributed by atoms with Crippen LogP contribution in [0.15, 0.2) is 12.1 Å². The molecule has 0 unspecified atom stereocenters. The van der Waals surface area contributed by atoms with E-state index in [0.717, 1.165) is 6.92 Å². The molecule has 0 fully saturated rings. The number of anilines is 1. The summed E-state index contributed by atoms with van der Waals surface area (Å²) in [6, 6.07) is -0.700. The quantitative estimate of drug-likeness (QED) is 0.309. The van der Waals surface area contributed by atoms with Gasteiger partial charge in [-0.3, -0.25) is 9.69 Å². The second-order valence-electron chi connectivity index (χ2n) is 5.88. The fourth-order valence-corrected chi connectivity index (χ4v) is 2.74. The van der Waals surface area contributed by atoms with Crippen LogP contribution in [0.5, 0.6) is 5.75 Å². The Morgan fingerprint density at radius 2 is 1.52 bits per heavy atom. The van der Waals surface area contributed by atoms with Gasteiger partial charge in [0.1, 0.15) is 5.82 Å². The summed E-state index contributed by atoms with van der Waals surface area (Å²) in [6.07, 6.45) is 0.696. The average Bonchev–Trinajstić information content (AvgIpc) is 2.66. The zero-order valence-electron chi connectivity index (χ0n) is 14.1. The highest BCUT2D eigenvalue weighted by atomic mass is 19.3. The number of terminal acetylenes is 1. The van der Waals surface area contributed by atoms with Crippen molar-refractivity contribution < 1.29 is 44.7 Å². The van der Waals surface area contributed by atoms with Crippen LogP contribution in [-0.4, -0.2) is 18.1 Å². The highest BCUT2D eigenvalue weighted by Gasteiger charge is 2.52. The molecule has 1 heterocycles. The molecule has 0 spiro atoms. The second kappa shape index (κ2) is 6.65. The Labute approximate surface area is 157 Å². The van der Waals surface area contributed by atoms with Gasteiger partial charge in [-0.05, 0) is 13.0 Å². The van der Waals surface area contributed by atoms with Gasteiger partial charge >= 0.3 is 12.0 Å². The molecule has 0 saturated heterocycles. The molecule has 3 nitrogen and oxygen atoms in total. The molecule has 2 aromatic carbocycles. The van der Waals surface area contributed by atoms with Crippen LogP contribution in [0.2, 0.25) is 0 Å². The predicted octanol–water partition coefficient (Wildman–Crippen LogP) is 4.53. The fraction of sp³-hybridized carbons (Fsp3) is 0.167. The summed E-state index contributed by atoms with van der Waals surface area (Å²) in [5.74, 6) is -14.4. The summed E-state index contributed by atoms with van der Waals surface area (Å²) in [5, 5.41) is 0. The van der Waals surface area contributed by atoms with E-state index in [1.807, 2.05) is 5.92 Å². The van der Waals surface area contributed by atoms with E-state index in [1.165, 1.54) is 0 Å². The third kappa shape index (κ3) is 2.95. The Hall–Kier alpha value is -3.29. The average molecular weight is 421 g/mol. The first-order valence-electron chi connectivity index (χ1n) is 7.64. The molecule has 2 aromatic rings. The first-order valence-corrected chi connectivity index (χ1v) is 7.64. The molecule has 1 aliphatic rings. The maximum atomic E-state index is 14.4. The van der Waals surface area contributed by atoms with Crippen molar-refractivity contribution in [1.29, 1.82) is 0 Å². The molecule has 1 aliphatic heterocycles. The van der Waals surface area contributed by atoms with Gasteiger partial charge in [0.25, 0.3) is 0 Å². The minimum absolute atomic E-state index is 0.222. The topological polar surface area (TPSA) is 29.5 Å². The number of nitrogens with zero attached hydrogens (tertiary/aromatic N) is 1. The third-order valence-corrected chi connectivity index (χ3v) is 4.12. The minimum atomic E-state index is -4.43. The van der Waals surface area contributed by atoms with Gasteiger partial charge in [0.2, 0.25) is 5.82 Å². The van der Waals surface area contributed by atoms with Crippen LogP contribution in [0.1, 0.15) is 6.92 Å². The van der Waals surface area contributed by atoms with Gasteiger partial charge in [-0.25, -0.2) is 26.3 Å². The number of alkyl halides is 2. The number of halogens is 8. The lowest BCUT2D eigenvalue weighted by Crippen LogP contribution is -2.53. The van der Waals surface area contributed by atoms with Crippen molar-refractivity contribution in [1.82, 2.24) is 0 Å². The Morgan fingerprint density at radius 1 is 1.00 bits per heavy atom.